The third-order valence-corrected chi connectivity index (χ3v) is 1.51. The second-order valence-electron chi connectivity index (χ2n) is 2.39. The first-order valence-corrected chi connectivity index (χ1v) is 3.86. The SMILES string of the molecule is CCOC(=O)C(=O)c1ccnn1C. The van der Waals surface area contributed by atoms with E-state index in [2.05, 4.69) is 9.84 Å². The summed E-state index contributed by atoms with van der Waals surface area (Å²) in [6.45, 7) is 1.84. The number of hydrogen-bond donors (Lipinski definition) is 0. The molecule has 5 nitrogen and oxygen atoms in total. The smallest absolute Gasteiger partial charge is 0.381 e. The molecular formula is C8H10N2O3. The highest BCUT2D eigenvalue weighted by molar-refractivity contribution is 6.40. The summed E-state index contributed by atoms with van der Waals surface area (Å²) in [5, 5.41) is 3.77. The van der Waals surface area contributed by atoms with Crippen molar-refractivity contribution in [3.63, 3.8) is 0 Å². The van der Waals surface area contributed by atoms with Crippen LogP contribution in [0.2, 0.25) is 0 Å². The number of aryl methyl sites for hydroxylation is 1. The molecule has 0 atom stereocenters. The molecule has 0 radical (unpaired) electrons. The van der Waals surface area contributed by atoms with Crippen LogP contribution in [0.15, 0.2) is 12.3 Å². The maximum Gasteiger partial charge on any atom is 0.381 e. The minimum atomic E-state index is -0.842. The molecule has 1 heterocycles. The van der Waals surface area contributed by atoms with Crippen molar-refractivity contribution in [1.82, 2.24) is 9.78 Å². The molecule has 0 aliphatic rings. The van der Waals surface area contributed by atoms with Crippen LogP contribution in [0.5, 0.6) is 0 Å². The molecule has 0 aromatic carbocycles. The molecule has 13 heavy (non-hydrogen) atoms. The van der Waals surface area contributed by atoms with E-state index in [0.29, 0.717) is 0 Å². The summed E-state index contributed by atoms with van der Waals surface area (Å²) in [5.74, 6) is -1.51. The topological polar surface area (TPSA) is 61.2 Å². The molecule has 1 aromatic rings. The van der Waals surface area contributed by atoms with Crippen LogP contribution in [-0.4, -0.2) is 28.1 Å². The summed E-state index contributed by atoms with van der Waals surface area (Å²) in [4.78, 5) is 22.3. The molecule has 0 N–H and O–H groups in total. The maximum absolute atomic E-state index is 11.3. The first-order chi connectivity index (χ1) is 6.16. The van der Waals surface area contributed by atoms with Gasteiger partial charge in [0.05, 0.1) is 6.61 Å². The van der Waals surface area contributed by atoms with Crippen molar-refractivity contribution in [2.24, 2.45) is 7.05 Å². The van der Waals surface area contributed by atoms with E-state index in [1.54, 1.807) is 14.0 Å². The summed E-state index contributed by atoms with van der Waals surface area (Å²) in [6, 6.07) is 1.47. The molecule has 0 saturated heterocycles. The Morgan fingerprint density at radius 3 is 2.77 bits per heavy atom. The lowest BCUT2D eigenvalue weighted by Crippen LogP contribution is -2.20. The lowest BCUT2D eigenvalue weighted by Gasteiger charge is -2.00. The van der Waals surface area contributed by atoms with E-state index >= 15 is 0 Å². The van der Waals surface area contributed by atoms with Crippen LogP contribution in [0.25, 0.3) is 0 Å². The second-order valence-corrected chi connectivity index (χ2v) is 2.39. The minimum Gasteiger partial charge on any atom is -0.460 e. The normalized spacial score (nSPS) is 9.69. The number of esters is 1. The monoisotopic (exact) mass is 182 g/mol. The predicted octanol–water partition coefficient (Wildman–Crippen LogP) is 0.166. The Kier molecular flexibility index (Phi) is 2.79. The average Bonchev–Trinajstić information content (AvgIpc) is 2.50. The highest BCUT2D eigenvalue weighted by atomic mass is 16.5. The molecule has 5 heteroatoms. The van der Waals surface area contributed by atoms with Gasteiger partial charge in [-0.2, -0.15) is 5.10 Å². The van der Waals surface area contributed by atoms with Crippen LogP contribution in [0, 0.1) is 0 Å². The van der Waals surface area contributed by atoms with Crippen molar-refractivity contribution in [3.8, 4) is 0 Å². The molecular weight excluding hydrogens is 172 g/mol. The van der Waals surface area contributed by atoms with Crippen molar-refractivity contribution in [1.29, 1.82) is 0 Å². The van der Waals surface area contributed by atoms with Crippen molar-refractivity contribution in [2.75, 3.05) is 6.61 Å². The van der Waals surface area contributed by atoms with Crippen molar-refractivity contribution >= 4 is 11.8 Å². The predicted molar refractivity (Wildman–Crippen MR) is 44.2 cm³/mol. The van der Waals surface area contributed by atoms with Gasteiger partial charge in [0.2, 0.25) is 0 Å². The summed E-state index contributed by atoms with van der Waals surface area (Å²) in [7, 11) is 1.59. The Labute approximate surface area is 75.3 Å². The molecule has 1 aromatic heterocycles. The Morgan fingerprint density at radius 2 is 2.31 bits per heavy atom. The van der Waals surface area contributed by atoms with Gasteiger partial charge < -0.3 is 4.74 Å². The number of ether oxygens (including phenoxy) is 1. The molecule has 70 valence electrons. The molecule has 0 amide bonds. The molecule has 0 fully saturated rings. The zero-order valence-corrected chi connectivity index (χ0v) is 7.48. The molecule has 0 aliphatic carbocycles. The van der Waals surface area contributed by atoms with Gasteiger partial charge in [0.1, 0.15) is 5.69 Å². The van der Waals surface area contributed by atoms with Crippen LogP contribution < -0.4 is 0 Å². The highest BCUT2D eigenvalue weighted by Gasteiger charge is 2.19. The van der Waals surface area contributed by atoms with Gasteiger partial charge >= 0.3 is 5.97 Å². The van der Waals surface area contributed by atoms with Crippen LogP contribution in [0.1, 0.15) is 17.4 Å². The number of carbonyl (C=O) groups excluding carboxylic acids is 2. The van der Waals surface area contributed by atoms with E-state index in [4.69, 9.17) is 0 Å². The zero-order chi connectivity index (χ0) is 9.84. The van der Waals surface area contributed by atoms with Crippen LogP contribution >= 0.6 is 0 Å². The largest absolute Gasteiger partial charge is 0.460 e. The lowest BCUT2D eigenvalue weighted by atomic mass is 10.3. The van der Waals surface area contributed by atoms with Gasteiger partial charge in [-0.3, -0.25) is 9.48 Å². The van der Waals surface area contributed by atoms with Crippen molar-refractivity contribution < 1.29 is 14.3 Å². The van der Waals surface area contributed by atoms with E-state index in [9.17, 15) is 9.59 Å². The number of hydrogen-bond acceptors (Lipinski definition) is 4. The Morgan fingerprint density at radius 1 is 1.62 bits per heavy atom. The standard InChI is InChI=1S/C8H10N2O3/c1-3-13-8(12)7(11)6-4-5-9-10(6)2/h4-5H,3H2,1-2H3. The van der Waals surface area contributed by atoms with Gasteiger partial charge in [-0.1, -0.05) is 0 Å². The fourth-order valence-corrected chi connectivity index (χ4v) is 0.898. The Bertz CT molecular complexity index is 330. The molecule has 0 unspecified atom stereocenters. The minimum absolute atomic E-state index is 0.197. The first-order valence-electron chi connectivity index (χ1n) is 3.86. The van der Waals surface area contributed by atoms with Crippen LogP contribution in [-0.2, 0) is 16.6 Å². The van der Waals surface area contributed by atoms with Gasteiger partial charge in [0.15, 0.2) is 0 Å². The highest BCUT2D eigenvalue weighted by Crippen LogP contribution is 1.99. The average molecular weight is 182 g/mol. The number of aromatic nitrogens is 2. The van der Waals surface area contributed by atoms with Gasteiger partial charge in [-0.25, -0.2) is 4.79 Å². The van der Waals surface area contributed by atoms with E-state index in [1.165, 1.54) is 16.9 Å². The maximum atomic E-state index is 11.3. The van der Waals surface area contributed by atoms with E-state index in [1.807, 2.05) is 0 Å². The number of rotatable bonds is 3. The number of ketones is 1. The van der Waals surface area contributed by atoms with Crippen molar-refractivity contribution in [3.05, 3.63) is 18.0 Å². The molecule has 0 aliphatic heterocycles. The number of carbonyl (C=O) groups is 2. The second kappa shape index (κ2) is 3.84. The Hall–Kier alpha value is -1.65. The van der Waals surface area contributed by atoms with E-state index < -0.39 is 11.8 Å². The van der Waals surface area contributed by atoms with Gasteiger partial charge in [0.25, 0.3) is 5.78 Å². The lowest BCUT2D eigenvalue weighted by molar-refractivity contribution is -0.137. The zero-order valence-electron chi connectivity index (χ0n) is 7.48. The fourth-order valence-electron chi connectivity index (χ4n) is 0.898. The summed E-state index contributed by atoms with van der Waals surface area (Å²) in [5.41, 5.74) is 0.235. The molecule has 0 spiro atoms. The third-order valence-electron chi connectivity index (χ3n) is 1.51. The van der Waals surface area contributed by atoms with Gasteiger partial charge in [-0.15, -0.1) is 0 Å². The number of nitrogens with zero attached hydrogens (tertiary/aromatic N) is 2. The summed E-state index contributed by atoms with van der Waals surface area (Å²) in [6.07, 6.45) is 1.45. The van der Waals surface area contributed by atoms with Crippen LogP contribution in [0.4, 0.5) is 0 Å². The Balaban J connectivity index is 2.80. The van der Waals surface area contributed by atoms with E-state index in [0.717, 1.165) is 0 Å². The van der Waals surface area contributed by atoms with Crippen molar-refractivity contribution in [2.45, 2.75) is 6.92 Å². The third kappa shape index (κ3) is 1.93. The fraction of sp³-hybridized carbons (Fsp3) is 0.375. The quantitative estimate of drug-likeness (QED) is 0.379. The summed E-state index contributed by atoms with van der Waals surface area (Å²) < 4.78 is 5.89. The van der Waals surface area contributed by atoms with E-state index in [-0.39, 0.29) is 12.3 Å². The summed E-state index contributed by atoms with van der Waals surface area (Å²) >= 11 is 0. The molecule has 0 bridgehead atoms. The van der Waals surface area contributed by atoms with Gasteiger partial charge in [0, 0.05) is 13.2 Å². The van der Waals surface area contributed by atoms with Gasteiger partial charge in [-0.05, 0) is 13.0 Å². The number of Topliss-reactive ketones (excluding diaryl/α,β-unsaturated/α-hetero) is 1. The first kappa shape index (κ1) is 9.44. The van der Waals surface area contributed by atoms with Crippen LogP contribution in [0.3, 0.4) is 0 Å². The molecule has 1 rings (SSSR count). The molecule has 0 saturated carbocycles.